The molecule has 0 radical (unpaired) electrons. The van der Waals surface area contributed by atoms with Crippen LogP contribution in [-0.4, -0.2) is 22.4 Å². The zero-order chi connectivity index (χ0) is 15.8. The number of hydrogen-bond donors (Lipinski definition) is 0. The van der Waals surface area contributed by atoms with Crippen molar-refractivity contribution in [2.45, 2.75) is 19.8 Å². The van der Waals surface area contributed by atoms with E-state index in [1.165, 1.54) is 5.56 Å². The number of pyridine rings is 2. The molecule has 1 aliphatic rings. The highest BCUT2D eigenvalue weighted by molar-refractivity contribution is 6.08. The molecule has 1 aromatic carbocycles. The smallest absolute Gasteiger partial charge is 0.260 e. The van der Waals surface area contributed by atoms with Crippen LogP contribution in [-0.2, 0) is 6.42 Å². The molecule has 4 nitrogen and oxygen atoms in total. The molecule has 0 bridgehead atoms. The van der Waals surface area contributed by atoms with E-state index in [4.69, 9.17) is 0 Å². The Labute approximate surface area is 134 Å². The summed E-state index contributed by atoms with van der Waals surface area (Å²) < 4.78 is 0. The molecule has 0 spiro atoms. The van der Waals surface area contributed by atoms with Gasteiger partial charge in [-0.05, 0) is 43.5 Å². The molecular weight excluding hydrogens is 286 g/mol. The van der Waals surface area contributed by atoms with Crippen LogP contribution in [0.5, 0.6) is 0 Å². The largest absolute Gasteiger partial charge is 0.308 e. The lowest BCUT2D eigenvalue weighted by Gasteiger charge is -2.29. The van der Waals surface area contributed by atoms with Crippen molar-refractivity contribution in [1.29, 1.82) is 0 Å². The Morgan fingerprint density at radius 3 is 3.00 bits per heavy atom. The molecule has 0 N–H and O–H groups in total. The number of amides is 1. The highest BCUT2D eigenvalue weighted by Crippen LogP contribution is 2.29. The maximum Gasteiger partial charge on any atom is 0.260 e. The summed E-state index contributed by atoms with van der Waals surface area (Å²) in [6, 6.07) is 11.9. The molecular formula is C19H17N3O. The molecule has 4 rings (SSSR count). The highest BCUT2D eigenvalue weighted by Gasteiger charge is 2.24. The maximum absolute atomic E-state index is 13.1. The van der Waals surface area contributed by atoms with Crippen molar-refractivity contribution in [3.63, 3.8) is 0 Å². The molecule has 0 aliphatic carbocycles. The van der Waals surface area contributed by atoms with Crippen molar-refractivity contribution in [2.75, 3.05) is 11.4 Å². The van der Waals surface area contributed by atoms with E-state index in [0.717, 1.165) is 41.7 Å². The highest BCUT2D eigenvalue weighted by atomic mass is 16.2. The fraction of sp³-hybridized carbons (Fsp3) is 0.211. The van der Waals surface area contributed by atoms with Gasteiger partial charge in [-0.3, -0.25) is 14.8 Å². The van der Waals surface area contributed by atoms with Gasteiger partial charge in [-0.15, -0.1) is 0 Å². The summed E-state index contributed by atoms with van der Waals surface area (Å²) in [4.78, 5) is 23.7. The van der Waals surface area contributed by atoms with Crippen LogP contribution in [0.2, 0.25) is 0 Å². The standard InChI is InChI=1S/C19H17N3O/c1-13-16(11-15-12-20-9-8-17(15)21-13)19(23)22-10-4-6-14-5-2-3-7-18(14)22/h2-3,5,7-9,11-12H,4,6,10H2,1H3. The van der Waals surface area contributed by atoms with Gasteiger partial charge >= 0.3 is 0 Å². The fourth-order valence-electron chi connectivity index (χ4n) is 3.22. The zero-order valence-corrected chi connectivity index (χ0v) is 13.0. The molecule has 1 amide bonds. The van der Waals surface area contributed by atoms with Crippen molar-refractivity contribution < 1.29 is 4.79 Å². The van der Waals surface area contributed by atoms with E-state index in [2.05, 4.69) is 16.0 Å². The van der Waals surface area contributed by atoms with Crippen LogP contribution in [0.15, 0.2) is 48.8 Å². The van der Waals surface area contributed by atoms with E-state index in [0.29, 0.717) is 5.56 Å². The average Bonchev–Trinajstić information content (AvgIpc) is 2.60. The van der Waals surface area contributed by atoms with Crippen LogP contribution >= 0.6 is 0 Å². The van der Waals surface area contributed by atoms with Gasteiger partial charge in [0.25, 0.3) is 5.91 Å². The van der Waals surface area contributed by atoms with Crippen molar-refractivity contribution in [3.8, 4) is 0 Å². The van der Waals surface area contributed by atoms with E-state index in [1.807, 2.05) is 42.2 Å². The summed E-state index contributed by atoms with van der Waals surface area (Å²) in [5.74, 6) is 0.0212. The van der Waals surface area contributed by atoms with Gasteiger partial charge in [0.15, 0.2) is 0 Å². The number of fused-ring (bicyclic) bond motifs is 2. The second-order valence-corrected chi connectivity index (χ2v) is 5.88. The topological polar surface area (TPSA) is 46.1 Å². The summed E-state index contributed by atoms with van der Waals surface area (Å²) in [6.45, 7) is 2.64. The molecule has 0 atom stereocenters. The van der Waals surface area contributed by atoms with E-state index in [-0.39, 0.29) is 5.91 Å². The third-order valence-electron chi connectivity index (χ3n) is 4.39. The first-order chi connectivity index (χ1) is 11.2. The van der Waals surface area contributed by atoms with Gasteiger partial charge in [0.05, 0.1) is 16.8 Å². The normalized spacial score (nSPS) is 13.9. The fourth-order valence-corrected chi connectivity index (χ4v) is 3.22. The van der Waals surface area contributed by atoms with Crippen LogP contribution < -0.4 is 4.90 Å². The van der Waals surface area contributed by atoms with Crippen LogP contribution in [0.25, 0.3) is 10.9 Å². The summed E-state index contributed by atoms with van der Waals surface area (Å²) in [7, 11) is 0. The number of rotatable bonds is 1. The van der Waals surface area contributed by atoms with Crippen molar-refractivity contribution in [2.24, 2.45) is 0 Å². The molecule has 0 saturated heterocycles. The molecule has 23 heavy (non-hydrogen) atoms. The molecule has 3 aromatic rings. The van der Waals surface area contributed by atoms with Crippen LogP contribution in [0.3, 0.4) is 0 Å². The van der Waals surface area contributed by atoms with Gasteiger partial charge in [-0.1, -0.05) is 18.2 Å². The molecule has 0 unspecified atom stereocenters. The first-order valence-corrected chi connectivity index (χ1v) is 7.85. The SMILES string of the molecule is Cc1nc2ccncc2cc1C(=O)N1CCCc2ccccc21. The monoisotopic (exact) mass is 303 g/mol. The molecule has 1 aliphatic heterocycles. The van der Waals surface area contributed by atoms with Gasteiger partial charge < -0.3 is 4.90 Å². The summed E-state index contributed by atoms with van der Waals surface area (Å²) in [6.07, 6.45) is 5.49. The number of nitrogens with zero attached hydrogens (tertiary/aromatic N) is 3. The minimum absolute atomic E-state index is 0.0212. The number of para-hydroxylation sites is 1. The van der Waals surface area contributed by atoms with Crippen molar-refractivity contribution >= 4 is 22.5 Å². The molecule has 114 valence electrons. The Morgan fingerprint density at radius 2 is 2.09 bits per heavy atom. The molecule has 3 heterocycles. The number of aromatic nitrogens is 2. The Balaban J connectivity index is 1.80. The van der Waals surface area contributed by atoms with E-state index in [1.54, 1.807) is 12.4 Å². The molecule has 4 heteroatoms. The van der Waals surface area contributed by atoms with Gasteiger partial charge in [0.2, 0.25) is 0 Å². The van der Waals surface area contributed by atoms with Gasteiger partial charge in [0, 0.05) is 30.0 Å². The van der Waals surface area contributed by atoms with Gasteiger partial charge in [-0.2, -0.15) is 0 Å². The molecule has 0 fully saturated rings. The second-order valence-electron chi connectivity index (χ2n) is 5.88. The van der Waals surface area contributed by atoms with Crippen molar-refractivity contribution in [3.05, 3.63) is 65.6 Å². The first-order valence-electron chi connectivity index (χ1n) is 7.85. The third kappa shape index (κ3) is 2.36. The Hall–Kier alpha value is -2.75. The van der Waals surface area contributed by atoms with Gasteiger partial charge in [-0.25, -0.2) is 0 Å². The number of hydrogen-bond acceptors (Lipinski definition) is 3. The van der Waals surface area contributed by atoms with Crippen LogP contribution in [0, 0.1) is 6.92 Å². The second kappa shape index (κ2) is 5.47. The van der Waals surface area contributed by atoms with E-state index < -0.39 is 0 Å². The number of carbonyl (C=O) groups is 1. The molecule has 0 saturated carbocycles. The zero-order valence-electron chi connectivity index (χ0n) is 13.0. The predicted molar refractivity (Wildman–Crippen MR) is 90.7 cm³/mol. The summed E-state index contributed by atoms with van der Waals surface area (Å²) in [5.41, 5.74) is 4.54. The number of aryl methyl sites for hydroxylation is 2. The number of carbonyl (C=O) groups excluding carboxylic acids is 1. The van der Waals surface area contributed by atoms with Crippen molar-refractivity contribution in [1.82, 2.24) is 9.97 Å². The first kappa shape index (κ1) is 13.9. The van der Waals surface area contributed by atoms with E-state index >= 15 is 0 Å². The number of benzene rings is 1. The lowest BCUT2D eigenvalue weighted by molar-refractivity contribution is 0.0984. The average molecular weight is 303 g/mol. The minimum Gasteiger partial charge on any atom is -0.308 e. The third-order valence-corrected chi connectivity index (χ3v) is 4.39. The number of anilines is 1. The Kier molecular flexibility index (Phi) is 3.30. The summed E-state index contributed by atoms with van der Waals surface area (Å²) >= 11 is 0. The Morgan fingerprint density at radius 1 is 1.22 bits per heavy atom. The quantitative estimate of drug-likeness (QED) is 0.691. The van der Waals surface area contributed by atoms with Gasteiger partial charge in [0.1, 0.15) is 0 Å². The van der Waals surface area contributed by atoms with Crippen LogP contribution in [0.1, 0.15) is 28.0 Å². The van der Waals surface area contributed by atoms with Crippen LogP contribution in [0.4, 0.5) is 5.69 Å². The Bertz CT molecular complexity index is 904. The van der Waals surface area contributed by atoms with E-state index in [9.17, 15) is 4.79 Å². The minimum atomic E-state index is 0.0212. The maximum atomic E-state index is 13.1. The lowest BCUT2D eigenvalue weighted by Crippen LogP contribution is -2.36. The summed E-state index contributed by atoms with van der Waals surface area (Å²) in [5, 5.41) is 0.895. The predicted octanol–water partition coefficient (Wildman–Crippen LogP) is 3.53. The lowest BCUT2D eigenvalue weighted by atomic mass is 10.0. The molecule has 2 aromatic heterocycles.